The number of hydrogen-bond acceptors (Lipinski definition) is 4. The van der Waals surface area contributed by atoms with Crippen molar-refractivity contribution in [2.24, 2.45) is 0 Å². The number of oxazole rings is 1. The Hall–Kier alpha value is -2.63. The van der Waals surface area contributed by atoms with Gasteiger partial charge in [0.05, 0.1) is 0 Å². The molecule has 3 rings (SSSR count). The number of hydrogen-bond donors (Lipinski definition) is 1. The van der Waals surface area contributed by atoms with E-state index in [4.69, 9.17) is 14.9 Å². The number of halogens is 2. The van der Waals surface area contributed by atoms with E-state index in [-0.39, 0.29) is 12.4 Å². The number of ether oxygens (including phenoxy) is 1. The molecule has 0 spiro atoms. The summed E-state index contributed by atoms with van der Waals surface area (Å²) in [5.74, 6) is -1.36. The summed E-state index contributed by atoms with van der Waals surface area (Å²) in [7, 11) is 0. The molecule has 102 valence electrons. The van der Waals surface area contributed by atoms with E-state index < -0.39 is 11.6 Å². The van der Waals surface area contributed by atoms with E-state index in [1.807, 2.05) is 0 Å². The number of benzene rings is 2. The SMILES string of the molecule is Nc1ccc2nc(COc3ccc(F)c(F)c3)oc2c1. The first-order valence-corrected chi connectivity index (χ1v) is 5.84. The summed E-state index contributed by atoms with van der Waals surface area (Å²) >= 11 is 0. The highest BCUT2D eigenvalue weighted by Gasteiger charge is 2.08. The van der Waals surface area contributed by atoms with Crippen LogP contribution in [0.4, 0.5) is 14.5 Å². The first-order chi connectivity index (χ1) is 9.61. The molecule has 2 N–H and O–H groups in total. The summed E-state index contributed by atoms with van der Waals surface area (Å²) in [4.78, 5) is 4.19. The molecule has 0 aliphatic heterocycles. The molecule has 0 unspecified atom stereocenters. The van der Waals surface area contributed by atoms with Crippen molar-refractivity contribution in [3.05, 3.63) is 53.9 Å². The molecule has 0 saturated carbocycles. The van der Waals surface area contributed by atoms with Gasteiger partial charge < -0.3 is 14.9 Å². The Morgan fingerprint density at radius 3 is 2.75 bits per heavy atom. The third-order valence-corrected chi connectivity index (χ3v) is 2.71. The summed E-state index contributed by atoms with van der Waals surface area (Å²) in [5.41, 5.74) is 7.41. The number of nitrogens with two attached hydrogens (primary N) is 1. The van der Waals surface area contributed by atoms with E-state index in [9.17, 15) is 8.78 Å². The van der Waals surface area contributed by atoms with Crippen molar-refractivity contribution >= 4 is 16.8 Å². The lowest BCUT2D eigenvalue weighted by molar-refractivity contribution is 0.265. The average Bonchev–Trinajstić information content (AvgIpc) is 2.82. The molecular formula is C14H10F2N2O2. The lowest BCUT2D eigenvalue weighted by atomic mass is 10.3. The van der Waals surface area contributed by atoms with Gasteiger partial charge in [-0.1, -0.05) is 0 Å². The van der Waals surface area contributed by atoms with E-state index in [2.05, 4.69) is 4.98 Å². The average molecular weight is 276 g/mol. The molecule has 2 aromatic carbocycles. The van der Waals surface area contributed by atoms with Crippen LogP contribution in [-0.2, 0) is 6.61 Å². The highest BCUT2D eigenvalue weighted by molar-refractivity contribution is 5.76. The Balaban J connectivity index is 1.77. The maximum absolute atomic E-state index is 13.0. The van der Waals surface area contributed by atoms with E-state index >= 15 is 0 Å². The van der Waals surface area contributed by atoms with Crippen LogP contribution in [0.3, 0.4) is 0 Å². The van der Waals surface area contributed by atoms with Gasteiger partial charge in [-0.2, -0.15) is 0 Å². The van der Waals surface area contributed by atoms with Gasteiger partial charge in [-0.05, 0) is 24.3 Å². The maximum Gasteiger partial charge on any atom is 0.233 e. The Labute approximate surface area is 112 Å². The van der Waals surface area contributed by atoms with Crippen molar-refractivity contribution in [1.29, 1.82) is 0 Å². The maximum atomic E-state index is 13.0. The van der Waals surface area contributed by atoms with Crippen LogP contribution in [0, 0.1) is 11.6 Å². The predicted molar refractivity (Wildman–Crippen MR) is 69.1 cm³/mol. The van der Waals surface area contributed by atoms with Crippen LogP contribution in [0.25, 0.3) is 11.1 Å². The van der Waals surface area contributed by atoms with Gasteiger partial charge in [-0.25, -0.2) is 13.8 Å². The van der Waals surface area contributed by atoms with Crippen LogP contribution < -0.4 is 10.5 Å². The molecule has 0 saturated heterocycles. The topological polar surface area (TPSA) is 61.3 Å². The minimum absolute atomic E-state index is 0.0135. The zero-order chi connectivity index (χ0) is 14.1. The van der Waals surface area contributed by atoms with Gasteiger partial charge in [-0.15, -0.1) is 0 Å². The van der Waals surface area contributed by atoms with Gasteiger partial charge in [-0.3, -0.25) is 0 Å². The first-order valence-electron chi connectivity index (χ1n) is 5.84. The fourth-order valence-electron chi connectivity index (χ4n) is 1.76. The van der Waals surface area contributed by atoms with E-state index in [1.165, 1.54) is 6.07 Å². The van der Waals surface area contributed by atoms with Gasteiger partial charge in [0, 0.05) is 17.8 Å². The molecule has 6 heteroatoms. The second-order valence-electron chi connectivity index (χ2n) is 4.20. The zero-order valence-electron chi connectivity index (χ0n) is 10.3. The highest BCUT2D eigenvalue weighted by atomic mass is 19.2. The summed E-state index contributed by atoms with van der Waals surface area (Å²) in [6.45, 7) is 0.0135. The molecule has 20 heavy (non-hydrogen) atoms. The summed E-state index contributed by atoms with van der Waals surface area (Å²) in [5, 5.41) is 0. The molecule has 0 fully saturated rings. The second-order valence-corrected chi connectivity index (χ2v) is 4.20. The monoisotopic (exact) mass is 276 g/mol. The van der Waals surface area contributed by atoms with Gasteiger partial charge in [0.15, 0.2) is 23.8 Å². The second kappa shape index (κ2) is 4.80. The fourth-order valence-corrected chi connectivity index (χ4v) is 1.76. The highest BCUT2D eigenvalue weighted by Crippen LogP contribution is 2.20. The van der Waals surface area contributed by atoms with E-state index in [0.717, 1.165) is 12.1 Å². The molecule has 0 radical (unpaired) electrons. The largest absolute Gasteiger partial charge is 0.484 e. The molecule has 0 aliphatic carbocycles. The number of fused-ring (bicyclic) bond motifs is 1. The van der Waals surface area contributed by atoms with E-state index in [0.29, 0.717) is 22.7 Å². The molecule has 0 aliphatic rings. The lowest BCUT2D eigenvalue weighted by Crippen LogP contribution is -1.96. The van der Waals surface area contributed by atoms with Crippen molar-refractivity contribution in [2.45, 2.75) is 6.61 Å². The van der Waals surface area contributed by atoms with Crippen molar-refractivity contribution in [3.8, 4) is 5.75 Å². The molecule has 0 atom stereocenters. The minimum atomic E-state index is -0.965. The molecular weight excluding hydrogens is 266 g/mol. The van der Waals surface area contributed by atoms with Gasteiger partial charge in [0.2, 0.25) is 5.89 Å². The first kappa shape index (κ1) is 12.4. The molecule has 3 aromatic rings. The molecule has 0 amide bonds. The van der Waals surface area contributed by atoms with E-state index in [1.54, 1.807) is 18.2 Å². The number of anilines is 1. The number of rotatable bonds is 3. The van der Waals surface area contributed by atoms with Crippen LogP contribution >= 0.6 is 0 Å². The summed E-state index contributed by atoms with van der Waals surface area (Å²) in [6, 6.07) is 8.40. The van der Waals surface area contributed by atoms with Crippen LogP contribution in [0.5, 0.6) is 5.75 Å². The van der Waals surface area contributed by atoms with Crippen molar-refractivity contribution in [1.82, 2.24) is 4.98 Å². The molecule has 1 aromatic heterocycles. The normalized spacial score (nSPS) is 10.9. The van der Waals surface area contributed by atoms with Crippen LogP contribution in [0.15, 0.2) is 40.8 Å². The smallest absolute Gasteiger partial charge is 0.233 e. The lowest BCUT2D eigenvalue weighted by Gasteiger charge is -2.03. The van der Waals surface area contributed by atoms with Crippen molar-refractivity contribution < 1.29 is 17.9 Å². The molecule has 1 heterocycles. The Morgan fingerprint density at radius 2 is 1.95 bits per heavy atom. The minimum Gasteiger partial charge on any atom is -0.484 e. The predicted octanol–water partition coefficient (Wildman–Crippen LogP) is 3.27. The fraction of sp³-hybridized carbons (Fsp3) is 0.0714. The number of nitrogens with zero attached hydrogens (tertiary/aromatic N) is 1. The Kier molecular flexibility index (Phi) is 2.98. The molecule has 4 nitrogen and oxygen atoms in total. The zero-order valence-corrected chi connectivity index (χ0v) is 10.3. The van der Waals surface area contributed by atoms with Crippen molar-refractivity contribution in [2.75, 3.05) is 5.73 Å². The van der Waals surface area contributed by atoms with Crippen molar-refractivity contribution in [3.63, 3.8) is 0 Å². The summed E-state index contributed by atoms with van der Waals surface area (Å²) < 4.78 is 36.5. The van der Waals surface area contributed by atoms with Gasteiger partial charge in [0.25, 0.3) is 0 Å². The van der Waals surface area contributed by atoms with Gasteiger partial charge >= 0.3 is 0 Å². The van der Waals surface area contributed by atoms with Crippen LogP contribution in [0.2, 0.25) is 0 Å². The third kappa shape index (κ3) is 2.40. The Bertz CT molecular complexity index is 771. The Morgan fingerprint density at radius 1 is 1.10 bits per heavy atom. The summed E-state index contributed by atoms with van der Waals surface area (Å²) in [6.07, 6.45) is 0. The molecule has 0 bridgehead atoms. The van der Waals surface area contributed by atoms with Gasteiger partial charge in [0.1, 0.15) is 11.3 Å². The quantitative estimate of drug-likeness (QED) is 0.746. The van der Waals surface area contributed by atoms with Crippen LogP contribution in [0.1, 0.15) is 5.89 Å². The van der Waals surface area contributed by atoms with Crippen LogP contribution in [-0.4, -0.2) is 4.98 Å². The standard InChI is InChI=1S/C14H10F2N2O2/c15-10-3-2-9(6-11(10)16)19-7-14-18-12-4-1-8(17)5-13(12)20-14/h1-6H,7,17H2. The number of nitrogen functional groups attached to an aromatic ring is 1. The third-order valence-electron chi connectivity index (χ3n) is 2.71. The number of aromatic nitrogens is 1.